The predicted octanol–water partition coefficient (Wildman–Crippen LogP) is 6.39. The highest BCUT2D eigenvalue weighted by molar-refractivity contribution is 9.10. The molecule has 9 heteroatoms. The van der Waals surface area contributed by atoms with E-state index in [1.54, 1.807) is 78.9 Å². The van der Waals surface area contributed by atoms with Gasteiger partial charge in [0.25, 0.3) is 11.8 Å². The number of hydrogen-bond donors (Lipinski definition) is 2. The molecule has 0 heterocycles. The van der Waals surface area contributed by atoms with Crippen LogP contribution in [0.2, 0.25) is 0 Å². The highest BCUT2D eigenvalue weighted by atomic mass is 79.9. The molecule has 40 heavy (non-hydrogen) atoms. The van der Waals surface area contributed by atoms with E-state index in [0.29, 0.717) is 40.3 Å². The van der Waals surface area contributed by atoms with Crippen molar-refractivity contribution in [3.05, 3.63) is 123 Å². The molecule has 0 atom stereocenters. The van der Waals surface area contributed by atoms with Crippen LogP contribution < -0.4 is 20.2 Å². The van der Waals surface area contributed by atoms with Crippen LogP contribution in [-0.4, -0.2) is 30.6 Å². The third-order valence-electron chi connectivity index (χ3n) is 5.63. The maximum atomic E-state index is 12.7. The second-order valence-corrected chi connectivity index (χ2v) is 9.55. The van der Waals surface area contributed by atoms with Gasteiger partial charge in [0.15, 0.2) is 11.5 Å². The summed E-state index contributed by atoms with van der Waals surface area (Å²) < 4.78 is 12.0. The maximum absolute atomic E-state index is 12.7. The zero-order valence-electron chi connectivity index (χ0n) is 21.8. The van der Waals surface area contributed by atoms with Crippen molar-refractivity contribution in [1.82, 2.24) is 5.43 Å². The molecule has 4 aromatic rings. The van der Waals surface area contributed by atoms with Crippen LogP contribution in [-0.2, 0) is 0 Å². The summed E-state index contributed by atoms with van der Waals surface area (Å²) in [7, 11) is 0. The molecule has 0 aliphatic heterocycles. The van der Waals surface area contributed by atoms with E-state index in [0.717, 1.165) is 10.0 Å². The number of nitrogens with one attached hydrogen (secondary N) is 2. The Labute approximate surface area is 240 Å². The first kappa shape index (κ1) is 28.3. The third kappa shape index (κ3) is 7.64. The summed E-state index contributed by atoms with van der Waals surface area (Å²) in [4.78, 5) is 37.7. The summed E-state index contributed by atoms with van der Waals surface area (Å²) in [6.07, 6.45) is 1.45. The summed E-state index contributed by atoms with van der Waals surface area (Å²) in [6, 6.07) is 25.5. The quantitative estimate of drug-likeness (QED) is 0.100. The van der Waals surface area contributed by atoms with Gasteiger partial charge in [-0.2, -0.15) is 5.10 Å². The summed E-state index contributed by atoms with van der Waals surface area (Å²) in [6.45, 7) is 4.12. The van der Waals surface area contributed by atoms with Gasteiger partial charge in [-0.05, 0) is 92.2 Å². The summed E-state index contributed by atoms with van der Waals surface area (Å²) in [5.74, 6) is -0.612. The number of ether oxygens (including phenoxy) is 2. The first-order chi connectivity index (χ1) is 19.3. The SMILES string of the molecule is CCOc1cc(C=NNC(=O)c2cccc(NC(=O)c3ccc(C)cc3)c2)ccc1OC(=O)c1ccc(Br)cc1. The Kier molecular flexibility index (Phi) is 9.43. The van der Waals surface area contributed by atoms with Gasteiger partial charge < -0.3 is 14.8 Å². The van der Waals surface area contributed by atoms with Crippen LogP contribution in [0.1, 0.15) is 49.1 Å². The summed E-state index contributed by atoms with van der Waals surface area (Å²) in [5.41, 5.74) is 5.88. The average Bonchev–Trinajstić information content (AvgIpc) is 2.95. The maximum Gasteiger partial charge on any atom is 0.343 e. The van der Waals surface area contributed by atoms with E-state index >= 15 is 0 Å². The highest BCUT2D eigenvalue weighted by Gasteiger charge is 2.14. The number of benzene rings is 4. The molecule has 8 nitrogen and oxygen atoms in total. The van der Waals surface area contributed by atoms with Crippen molar-refractivity contribution in [3.8, 4) is 11.5 Å². The fourth-order valence-electron chi connectivity index (χ4n) is 3.58. The van der Waals surface area contributed by atoms with Crippen molar-refractivity contribution in [2.75, 3.05) is 11.9 Å². The Morgan fingerprint density at radius 2 is 1.55 bits per heavy atom. The van der Waals surface area contributed by atoms with E-state index in [1.165, 1.54) is 6.21 Å². The minimum absolute atomic E-state index is 0.264. The summed E-state index contributed by atoms with van der Waals surface area (Å²) in [5, 5.41) is 6.83. The Morgan fingerprint density at radius 1 is 0.825 bits per heavy atom. The van der Waals surface area contributed by atoms with Crippen molar-refractivity contribution in [2.24, 2.45) is 5.10 Å². The van der Waals surface area contributed by atoms with E-state index < -0.39 is 11.9 Å². The Bertz CT molecular complexity index is 1550. The second-order valence-electron chi connectivity index (χ2n) is 8.64. The molecule has 0 saturated heterocycles. The van der Waals surface area contributed by atoms with Crippen molar-refractivity contribution < 1.29 is 23.9 Å². The standard InChI is InChI=1S/C31H26BrN3O5/c1-3-39-28-17-21(9-16-27(28)40-31(38)23-12-14-25(32)15-13-23)19-33-35-30(37)24-5-4-6-26(18-24)34-29(36)22-10-7-20(2)8-11-22/h4-19H,3H2,1-2H3,(H,34,36)(H,35,37). The molecular weight excluding hydrogens is 574 g/mol. The van der Waals surface area contributed by atoms with Gasteiger partial charge in [-0.1, -0.05) is 39.7 Å². The van der Waals surface area contributed by atoms with Gasteiger partial charge in [0.2, 0.25) is 0 Å². The van der Waals surface area contributed by atoms with Gasteiger partial charge in [0.1, 0.15) is 0 Å². The predicted molar refractivity (Wildman–Crippen MR) is 157 cm³/mol. The molecular formula is C31H26BrN3O5. The summed E-state index contributed by atoms with van der Waals surface area (Å²) >= 11 is 3.34. The van der Waals surface area contributed by atoms with Gasteiger partial charge in [0, 0.05) is 21.3 Å². The van der Waals surface area contributed by atoms with Crippen LogP contribution in [0.15, 0.2) is 101 Å². The molecule has 2 N–H and O–H groups in total. The number of hydrogen-bond acceptors (Lipinski definition) is 6. The number of carbonyl (C=O) groups excluding carboxylic acids is 3. The van der Waals surface area contributed by atoms with Crippen molar-refractivity contribution >= 4 is 45.6 Å². The lowest BCUT2D eigenvalue weighted by molar-refractivity contribution is 0.0728. The first-order valence-electron chi connectivity index (χ1n) is 12.4. The Hall–Kier alpha value is -4.76. The van der Waals surface area contributed by atoms with Crippen molar-refractivity contribution in [1.29, 1.82) is 0 Å². The van der Waals surface area contributed by atoms with Crippen LogP contribution >= 0.6 is 15.9 Å². The van der Waals surface area contributed by atoms with E-state index in [4.69, 9.17) is 9.47 Å². The molecule has 202 valence electrons. The molecule has 4 rings (SSSR count). The second kappa shape index (κ2) is 13.3. The molecule has 0 radical (unpaired) electrons. The molecule has 0 bridgehead atoms. The largest absolute Gasteiger partial charge is 0.490 e. The lowest BCUT2D eigenvalue weighted by Gasteiger charge is -2.11. The third-order valence-corrected chi connectivity index (χ3v) is 6.15. The normalized spacial score (nSPS) is 10.7. The molecule has 0 aliphatic carbocycles. The van der Waals surface area contributed by atoms with Gasteiger partial charge in [-0.15, -0.1) is 0 Å². The molecule has 0 unspecified atom stereocenters. The molecule has 0 aromatic heterocycles. The van der Waals surface area contributed by atoms with Crippen LogP contribution in [0.4, 0.5) is 5.69 Å². The van der Waals surface area contributed by atoms with Crippen LogP contribution in [0.3, 0.4) is 0 Å². The minimum atomic E-state index is -0.514. The zero-order chi connectivity index (χ0) is 28.5. The number of halogens is 1. The number of esters is 1. The molecule has 0 spiro atoms. The average molecular weight is 600 g/mol. The van der Waals surface area contributed by atoms with Gasteiger partial charge >= 0.3 is 5.97 Å². The number of rotatable bonds is 9. The molecule has 0 fully saturated rings. The van der Waals surface area contributed by atoms with Gasteiger partial charge in [-0.25, -0.2) is 10.2 Å². The van der Waals surface area contributed by atoms with E-state index in [-0.39, 0.29) is 11.7 Å². The molecule has 4 aromatic carbocycles. The van der Waals surface area contributed by atoms with E-state index in [2.05, 4.69) is 31.8 Å². The number of aryl methyl sites for hydroxylation is 1. The molecule has 0 saturated carbocycles. The van der Waals surface area contributed by atoms with Crippen LogP contribution in [0, 0.1) is 6.92 Å². The monoisotopic (exact) mass is 599 g/mol. The first-order valence-corrected chi connectivity index (χ1v) is 13.2. The van der Waals surface area contributed by atoms with E-state index in [1.807, 2.05) is 26.0 Å². The lowest BCUT2D eigenvalue weighted by atomic mass is 10.1. The number of nitrogens with zero attached hydrogens (tertiary/aromatic N) is 1. The minimum Gasteiger partial charge on any atom is -0.490 e. The van der Waals surface area contributed by atoms with Crippen LogP contribution in [0.5, 0.6) is 11.5 Å². The van der Waals surface area contributed by atoms with Gasteiger partial charge in [0.05, 0.1) is 18.4 Å². The fraction of sp³-hybridized carbons (Fsp3) is 0.0968. The topological polar surface area (TPSA) is 106 Å². The number of amides is 2. The smallest absolute Gasteiger partial charge is 0.343 e. The van der Waals surface area contributed by atoms with Crippen LogP contribution in [0.25, 0.3) is 0 Å². The van der Waals surface area contributed by atoms with Crippen molar-refractivity contribution in [2.45, 2.75) is 13.8 Å². The Morgan fingerprint density at radius 3 is 2.27 bits per heavy atom. The number of anilines is 1. The van der Waals surface area contributed by atoms with Gasteiger partial charge in [-0.3, -0.25) is 9.59 Å². The van der Waals surface area contributed by atoms with E-state index in [9.17, 15) is 14.4 Å². The zero-order valence-corrected chi connectivity index (χ0v) is 23.4. The molecule has 0 aliphatic rings. The molecule has 2 amide bonds. The van der Waals surface area contributed by atoms with Crippen molar-refractivity contribution in [3.63, 3.8) is 0 Å². The Balaban J connectivity index is 1.39. The number of carbonyl (C=O) groups is 3. The fourth-order valence-corrected chi connectivity index (χ4v) is 3.84. The highest BCUT2D eigenvalue weighted by Crippen LogP contribution is 2.29. The number of hydrazone groups is 1. The lowest BCUT2D eigenvalue weighted by Crippen LogP contribution is -2.18.